The highest BCUT2D eigenvalue weighted by Crippen LogP contribution is 2.10. The number of carbonyl (C=O) groups excluding carboxylic acids is 1. The molecule has 0 bridgehead atoms. The van der Waals surface area contributed by atoms with Crippen LogP contribution < -0.4 is 0 Å². The standard InChI is InChI=1S/C7H6ClNO3/c1-3-5(7(8)10)6(4-2)9(11)12/h3-4H,1-2H2/b6-5-. The van der Waals surface area contributed by atoms with Crippen LogP contribution in [0.15, 0.2) is 36.6 Å². The van der Waals surface area contributed by atoms with E-state index >= 15 is 0 Å². The molecule has 0 saturated heterocycles. The summed E-state index contributed by atoms with van der Waals surface area (Å²) in [5, 5.41) is 9.33. The minimum atomic E-state index is -0.920. The highest BCUT2D eigenvalue weighted by atomic mass is 35.5. The van der Waals surface area contributed by atoms with Gasteiger partial charge in [-0.15, -0.1) is 0 Å². The molecule has 0 aromatic carbocycles. The van der Waals surface area contributed by atoms with Crippen molar-refractivity contribution in [3.63, 3.8) is 0 Å². The van der Waals surface area contributed by atoms with Crippen molar-refractivity contribution in [3.8, 4) is 0 Å². The van der Waals surface area contributed by atoms with Crippen molar-refractivity contribution in [3.05, 3.63) is 46.7 Å². The maximum Gasteiger partial charge on any atom is 0.280 e. The molecule has 0 atom stereocenters. The molecule has 0 rings (SSSR count). The van der Waals surface area contributed by atoms with Crippen molar-refractivity contribution in [1.82, 2.24) is 0 Å². The topological polar surface area (TPSA) is 60.2 Å². The highest BCUT2D eigenvalue weighted by molar-refractivity contribution is 6.68. The average molecular weight is 188 g/mol. The van der Waals surface area contributed by atoms with E-state index in [1.807, 2.05) is 0 Å². The molecule has 0 fully saturated rings. The van der Waals surface area contributed by atoms with E-state index in [1.165, 1.54) is 0 Å². The molecule has 0 saturated carbocycles. The maximum absolute atomic E-state index is 10.6. The van der Waals surface area contributed by atoms with Crippen molar-refractivity contribution in [2.75, 3.05) is 0 Å². The van der Waals surface area contributed by atoms with Gasteiger partial charge in [-0.05, 0) is 11.6 Å². The molecule has 0 aromatic rings. The number of rotatable bonds is 4. The second kappa shape index (κ2) is 4.46. The lowest BCUT2D eigenvalue weighted by Crippen LogP contribution is -2.03. The van der Waals surface area contributed by atoms with Gasteiger partial charge < -0.3 is 0 Å². The Balaban J connectivity index is 5.30. The van der Waals surface area contributed by atoms with Crippen LogP contribution in [-0.2, 0) is 4.79 Å². The van der Waals surface area contributed by atoms with Crippen LogP contribution in [0.2, 0.25) is 0 Å². The minimum absolute atomic E-state index is 0.253. The second-order valence-corrected chi connectivity index (χ2v) is 2.08. The Morgan fingerprint density at radius 3 is 2.00 bits per heavy atom. The van der Waals surface area contributed by atoms with Gasteiger partial charge in [0.15, 0.2) is 0 Å². The van der Waals surface area contributed by atoms with Crippen LogP contribution in [0.3, 0.4) is 0 Å². The maximum atomic E-state index is 10.6. The second-order valence-electron chi connectivity index (χ2n) is 1.74. The van der Waals surface area contributed by atoms with E-state index in [9.17, 15) is 14.9 Å². The van der Waals surface area contributed by atoms with Gasteiger partial charge in [0.05, 0.1) is 4.92 Å². The number of allylic oxidation sites excluding steroid dienone is 3. The first-order valence-electron chi connectivity index (χ1n) is 2.88. The van der Waals surface area contributed by atoms with Gasteiger partial charge in [-0.2, -0.15) is 0 Å². The molecule has 0 aliphatic heterocycles. The quantitative estimate of drug-likeness (QED) is 0.221. The predicted molar refractivity (Wildman–Crippen MR) is 45.3 cm³/mol. The van der Waals surface area contributed by atoms with Gasteiger partial charge in [0, 0.05) is 6.08 Å². The van der Waals surface area contributed by atoms with Crippen LogP contribution in [0.4, 0.5) is 0 Å². The van der Waals surface area contributed by atoms with E-state index in [4.69, 9.17) is 11.6 Å². The molecule has 64 valence electrons. The van der Waals surface area contributed by atoms with Crippen LogP contribution in [0, 0.1) is 10.1 Å². The van der Waals surface area contributed by atoms with Gasteiger partial charge in [-0.1, -0.05) is 19.2 Å². The number of hydrogen-bond acceptors (Lipinski definition) is 3. The third kappa shape index (κ3) is 2.32. The number of hydrogen-bond donors (Lipinski definition) is 0. The van der Waals surface area contributed by atoms with Gasteiger partial charge in [0.1, 0.15) is 5.57 Å². The molecule has 0 amide bonds. The summed E-state index contributed by atoms with van der Waals surface area (Å²) in [5.41, 5.74) is -0.693. The molecule has 0 heterocycles. The van der Waals surface area contributed by atoms with Gasteiger partial charge in [-0.25, -0.2) is 0 Å². The summed E-state index contributed by atoms with van der Waals surface area (Å²) in [7, 11) is 0. The summed E-state index contributed by atoms with van der Waals surface area (Å²) in [5.74, 6) is 0. The summed E-state index contributed by atoms with van der Waals surface area (Å²) in [6.07, 6.45) is 1.96. The molecule has 0 spiro atoms. The largest absolute Gasteiger partial charge is 0.280 e. The van der Waals surface area contributed by atoms with Crippen molar-refractivity contribution < 1.29 is 9.72 Å². The molecular formula is C7H6ClNO3. The monoisotopic (exact) mass is 187 g/mol. The summed E-state index contributed by atoms with van der Waals surface area (Å²) in [4.78, 5) is 20.1. The third-order valence-corrected chi connectivity index (χ3v) is 1.29. The number of nitro groups is 1. The van der Waals surface area contributed by atoms with Crippen molar-refractivity contribution in [2.45, 2.75) is 0 Å². The van der Waals surface area contributed by atoms with Gasteiger partial charge >= 0.3 is 0 Å². The molecule has 0 unspecified atom stereocenters. The zero-order valence-electron chi connectivity index (χ0n) is 6.12. The average Bonchev–Trinajstić information content (AvgIpc) is 1.98. The van der Waals surface area contributed by atoms with E-state index in [0.29, 0.717) is 0 Å². The van der Waals surface area contributed by atoms with E-state index in [2.05, 4.69) is 13.2 Å². The van der Waals surface area contributed by atoms with Gasteiger partial charge in [-0.3, -0.25) is 14.9 Å². The number of carbonyl (C=O) groups is 1. The molecule has 12 heavy (non-hydrogen) atoms. The number of nitrogens with zero attached hydrogens (tertiary/aromatic N) is 1. The minimum Gasteiger partial charge on any atom is -0.275 e. The first-order valence-corrected chi connectivity index (χ1v) is 3.25. The Labute approximate surface area is 74.0 Å². The van der Waals surface area contributed by atoms with E-state index in [1.54, 1.807) is 0 Å². The molecular weight excluding hydrogens is 182 g/mol. The Kier molecular flexibility index (Phi) is 3.93. The fourth-order valence-electron chi connectivity index (χ4n) is 0.568. The Morgan fingerprint density at radius 1 is 1.42 bits per heavy atom. The zero-order valence-corrected chi connectivity index (χ0v) is 6.87. The smallest absolute Gasteiger partial charge is 0.275 e. The molecule has 0 aliphatic rings. The fraction of sp³-hybridized carbons (Fsp3) is 0. The summed E-state index contributed by atoms with van der Waals surface area (Å²) >= 11 is 5.04. The first-order chi connectivity index (χ1) is 5.54. The van der Waals surface area contributed by atoms with Crippen molar-refractivity contribution in [1.29, 1.82) is 0 Å². The lowest BCUT2D eigenvalue weighted by molar-refractivity contribution is -0.419. The normalized spacial score (nSPS) is 11.4. The summed E-state index contributed by atoms with van der Waals surface area (Å²) < 4.78 is 0. The van der Waals surface area contributed by atoms with E-state index < -0.39 is 15.9 Å². The Hall–Kier alpha value is -1.42. The molecule has 0 aromatic heterocycles. The van der Waals surface area contributed by atoms with Crippen LogP contribution >= 0.6 is 11.6 Å². The third-order valence-electron chi connectivity index (χ3n) is 1.08. The first kappa shape index (κ1) is 10.6. The lowest BCUT2D eigenvalue weighted by atomic mass is 10.2. The lowest BCUT2D eigenvalue weighted by Gasteiger charge is -1.94. The molecule has 4 nitrogen and oxygen atoms in total. The predicted octanol–water partition coefficient (Wildman–Crippen LogP) is 1.65. The van der Waals surface area contributed by atoms with Crippen molar-refractivity contribution in [2.24, 2.45) is 0 Å². The van der Waals surface area contributed by atoms with Gasteiger partial charge in [0.25, 0.3) is 10.9 Å². The van der Waals surface area contributed by atoms with Crippen LogP contribution in [0.25, 0.3) is 0 Å². The summed E-state index contributed by atoms with van der Waals surface area (Å²) in [6.45, 7) is 6.39. The molecule has 5 heteroatoms. The highest BCUT2D eigenvalue weighted by Gasteiger charge is 2.16. The Morgan fingerprint density at radius 2 is 1.92 bits per heavy atom. The van der Waals surface area contributed by atoms with Crippen LogP contribution in [0.5, 0.6) is 0 Å². The van der Waals surface area contributed by atoms with Crippen molar-refractivity contribution >= 4 is 16.8 Å². The van der Waals surface area contributed by atoms with E-state index in [-0.39, 0.29) is 5.57 Å². The van der Waals surface area contributed by atoms with Crippen LogP contribution in [-0.4, -0.2) is 10.2 Å². The Bertz CT molecular complexity index is 252. The number of halogens is 1. The fourth-order valence-corrected chi connectivity index (χ4v) is 0.742. The zero-order chi connectivity index (χ0) is 9.72. The van der Waals surface area contributed by atoms with E-state index in [0.717, 1.165) is 12.2 Å². The van der Waals surface area contributed by atoms with Crippen LogP contribution in [0.1, 0.15) is 0 Å². The SMILES string of the molecule is C=C/C(C(=O)Cl)=C(\C=C)[N+](=O)[O-]. The molecule has 0 aliphatic carbocycles. The van der Waals surface area contributed by atoms with Gasteiger partial charge in [0.2, 0.25) is 0 Å². The summed E-state index contributed by atoms with van der Waals surface area (Å²) in [6, 6.07) is 0. The molecule has 0 N–H and O–H groups in total. The molecule has 0 radical (unpaired) electrons.